The summed E-state index contributed by atoms with van der Waals surface area (Å²) in [6.45, 7) is 5.67. The van der Waals surface area contributed by atoms with Crippen LogP contribution in [0.2, 0.25) is 0 Å². The van der Waals surface area contributed by atoms with Gasteiger partial charge in [0, 0.05) is 28.2 Å². The molecule has 0 aliphatic carbocycles. The van der Waals surface area contributed by atoms with Crippen molar-refractivity contribution in [1.82, 2.24) is 4.57 Å². The molecule has 0 saturated heterocycles. The van der Waals surface area contributed by atoms with Crippen molar-refractivity contribution in [3.8, 4) is 0 Å². The van der Waals surface area contributed by atoms with Gasteiger partial charge in [0.2, 0.25) is 0 Å². The van der Waals surface area contributed by atoms with Crippen LogP contribution in [0.15, 0.2) is 35.4 Å². The molecule has 7 heteroatoms. The van der Waals surface area contributed by atoms with E-state index < -0.39 is 18.1 Å². The van der Waals surface area contributed by atoms with Gasteiger partial charge in [-0.25, -0.2) is 0 Å². The fourth-order valence-electron chi connectivity index (χ4n) is 3.79. The summed E-state index contributed by atoms with van der Waals surface area (Å²) in [5, 5.41) is 16.5. The molecule has 27 heavy (non-hydrogen) atoms. The zero-order valence-electron chi connectivity index (χ0n) is 15.8. The van der Waals surface area contributed by atoms with Gasteiger partial charge < -0.3 is 14.4 Å². The van der Waals surface area contributed by atoms with Crippen molar-refractivity contribution in [1.29, 1.82) is 0 Å². The van der Waals surface area contributed by atoms with E-state index in [9.17, 15) is 9.90 Å². The van der Waals surface area contributed by atoms with Crippen molar-refractivity contribution in [2.75, 3.05) is 6.61 Å². The Kier molecular flexibility index (Phi) is 5.08. The lowest BCUT2D eigenvalue weighted by atomic mass is 9.92. The summed E-state index contributed by atoms with van der Waals surface area (Å²) >= 11 is 0. The van der Waals surface area contributed by atoms with E-state index >= 15 is 0 Å². The first-order chi connectivity index (χ1) is 12.9. The second-order valence-electron chi connectivity index (χ2n) is 6.55. The van der Waals surface area contributed by atoms with Gasteiger partial charge in [-0.3, -0.25) is 4.79 Å². The average Bonchev–Trinajstić information content (AvgIpc) is 2.96. The van der Waals surface area contributed by atoms with Crippen molar-refractivity contribution in [2.24, 2.45) is 12.2 Å². The van der Waals surface area contributed by atoms with Gasteiger partial charge >= 0.3 is 5.97 Å². The molecule has 0 amide bonds. The number of carbonyl (C=O) groups excluding carboxylic acids is 1. The number of azide groups is 1. The Balaban J connectivity index is 2.26. The maximum Gasteiger partial charge on any atom is 0.317 e. The molecule has 0 radical (unpaired) electrons. The first kappa shape index (κ1) is 18.8. The van der Waals surface area contributed by atoms with Crippen molar-refractivity contribution in [2.45, 2.75) is 32.9 Å². The summed E-state index contributed by atoms with van der Waals surface area (Å²) < 4.78 is 7.09. The van der Waals surface area contributed by atoms with Gasteiger partial charge in [0.05, 0.1) is 18.2 Å². The van der Waals surface area contributed by atoms with Gasteiger partial charge in [0.1, 0.15) is 0 Å². The van der Waals surface area contributed by atoms with E-state index in [0.717, 1.165) is 32.9 Å². The van der Waals surface area contributed by atoms with E-state index in [1.54, 1.807) is 6.92 Å². The van der Waals surface area contributed by atoms with Gasteiger partial charge in [-0.2, -0.15) is 0 Å². The highest BCUT2D eigenvalue weighted by atomic mass is 16.5. The van der Waals surface area contributed by atoms with E-state index in [1.165, 1.54) is 0 Å². The summed E-state index contributed by atoms with van der Waals surface area (Å²) in [6, 6.07) is 8.56. The topological polar surface area (TPSA) is 100 Å². The minimum atomic E-state index is -1.33. The second-order valence-corrected chi connectivity index (χ2v) is 6.55. The smallest absolute Gasteiger partial charge is 0.317 e. The van der Waals surface area contributed by atoms with E-state index in [-0.39, 0.29) is 6.61 Å². The molecule has 2 aromatic carbocycles. The molecule has 3 rings (SSSR count). The Labute approximate surface area is 156 Å². The lowest BCUT2D eigenvalue weighted by molar-refractivity contribution is -0.147. The normalized spacial score (nSPS) is 13.4. The van der Waals surface area contributed by atoms with E-state index in [4.69, 9.17) is 10.3 Å². The molecule has 1 heterocycles. The minimum Gasteiger partial charge on any atom is -0.466 e. The molecule has 140 valence electrons. The lowest BCUT2D eigenvalue weighted by Gasteiger charge is -2.21. The second kappa shape index (κ2) is 7.31. The molecule has 0 fully saturated rings. The van der Waals surface area contributed by atoms with Crippen molar-refractivity contribution in [3.05, 3.63) is 57.5 Å². The third-order valence-electron chi connectivity index (χ3n) is 4.98. The fraction of sp³-hybridized carbons (Fsp3) is 0.350. The predicted molar refractivity (Wildman–Crippen MR) is 104 cm³/mol. The zero-order valence-corrected chi connectivity index (χ0v) is 15.8. The number of fused-ring (bicyclic) bond motifs is 3. The SMILES string of the molecule is CCOC(=O)C(N=[N+]=[N-])C(O)c1cc(C)c2c(c1C)c1ccccc1n2C. The molecule has 3 aromatic rings. The first-order valence-electron chi connectivity index (χ1n) is 8.78. The van der Waals surface area contributed by atoms with Crippen molar-refractivity contribution in [3.63, 3.8) is 0 Å². The number of ether oxygens (including phenoxy) is 1. The highest BCUT2D eigenvalue weighted by molar-refractivity contribution is 6.11. The first-order valence-corrected chi connectivity index (χ1v) is 8.78. The van der Waals surface area contributed by atoms with Gasteiger partial charge in [-0.1, -0.05) is 29.4 Å². The summed E-state index contributed by atoms with van der Waals surface area (Å²) in [5.74, 6) is -0.738. The number of aliphatic hydroxyl groups excluding tert-OH is 1. The van der Waals surface area contributed by atoms with Crippen LogP contribution in [-0.2, 0) is 16.6 Å². The number of hydrogen-bond acceptors (Lipinski definition) is 4. The highest BCUT2D eigenvalue weighted by Crippen LogP contribution is 2.37. The van der Waals surface area contributed by atoms with E-state index in [0.29, 0.717) is 5.56 Å². The number of aliphatic hydroxyl groups is 1. The van der Waals surface area contributed by atoms with E-state index in [2.05, 4.69) is 14.6 Å². The molecule has 2 unspecified atom stereocenters. The molecule has 0 bridgehead atoms. The van der Waals surface area contributed by atoms with Crippen LogP contribution in [0.4, 0.5) is 0 Å². The molecule has 0 aliphatic rings. The number of aryl methyl sites for hydroxylation is 3. The van der Waals surface area contributed by atoms with E-state index in [1.807, 2.05) is 51.2 Å². The molecule has 1 N–H and O–H groups in total. The van der Waals surface area contributed by atoms with Gasteiger partial charge in [-0.15, -0.1) is 0 Å². The Morgan fingerprint density at radius 2 is 2.07 bits per heavy atom. The number of benzene rings is 2. The summed E-state index contributed by atoms with van der Waals surface area (Å²) in [4.78, 5) is 14.9. The third kappa shape index (κ3) is 3.01. The Bertz CT molecular complexity index is 1080. The van der Waals surface area contributed by atoms with Crippen LogP contribution in [-0.4, -0.2) is 28.3 Å². The molecular weight excluding hydrogens is 344 g/mol. The molecule has 0 saturated carbocycles. The number of carbonyl (C=O) groups is 1. The van der Waals surface area contributed by atoms with Gasteiger partial charge in [-0.05, 0) is 49.1 Å². The predicted octanol–water partition coefficient (Wildman–Crippen LogP) is 4.22. The lowest BCUT2D eigenvalue weighted by Crippen LogP contribution is -2.28. The van der Waals surface area contributed by atoms with Gasteiger partial charge in [0.25, 0.3) is 0 Å². The monoisotopic (exact) mass is 366 g/mol. The number of para-hydroxylation sites is 1. The summed E-state index contributed by atoms with van der Waals surface area (Å²) in [7, 11) is 2.01. The number of hydrogen-bond donors (Lipinski definition) is 1. The minimum absolute atomic E-state index is 0.142. The summed E-state index contributed by atoms with van der Waals surface area (Å²) in [5.41, 5.74) is 13.4. The molecular formula is C20H22N4O3. The number of aromatic nitrogens is 1. The maximum atomic E-state index is 12.2. The molecule has 0 spiro atoms. The average molecular weight is 366 g/mol. The highest BCUT2D eigenvalue weighted by Gasteiger charge is 2.31. The Morgan fingerprint density at radius 1 is 1.37 bits per heavy atom. The maximum absolute atomic E-state index is 12.2. The van der Waals surface area contributed by atoms with Crippen LogP contribution in [0, 0.1) is 13.8 Å². The van der Waals surface area contributed by atoms with Crippen LogP contribution in [0.1, 0.15) is 29.7 Å². The number of nitrogens with zero attached hydrogens (tertiary/aromatic N) is 4. The molecule has 2 atom stereocenters. The van der Waals surface area contributed by atoms with Gasteiger partial charge in [0.15, 0.2) is 6.04 Å². The van der Waals surface area contributed by atoms with Crippen LogP contribution in [0.25, 0.3) is 32.2 Å². The van der Waals surface area contributed by atoms with Crippen LogP contribution in [0.3, 0.4) is 0 Å². The van der Waals surface area contributed by atoms with Crippen LogP contribution in [0.5, 0.6) is 0 Å². The van der Waals surface area contributed by atoms with Crippen LogP contribution >= 0.6 is 0 Å². The summed E-state index contributed by atoms with van der Waals surface area (Å²) in [6.07, 6.45) is -1.29. The standard InChI is InChI=1S/C20H22N4O3/c1-5-27-20(26)17(22-23-21)19(25)14-10-11(2)18-16(12(14)3)13-8-6-7-9-15(13)24(18)4/h6-10,17,19,25H,5H2,1-4H3. The zero-order chi connectivity index (χ0) is 19.7. The van der Waals surface area contributed by atoms with Crippen LogP contribution < -0.4 is 0 Å². The Hall–Kier alpha value is -3.02. The quantitative estimate of drug-likeness (QED) is 0.316. The number of rotatable bonds is 5. The molecule has 0 aliphatic heterocycles. The molecule has 7 nitrogen and oxygen atoms in total. The Morgan fingerprint density at radius 3 is 2.74 bits per heavy atom. The molecule has 1 aromatic heterocycles. The van der Waals surface area contributed by atoms with Crippen molar-refractivity contribution >= 4 is 27.8 Å². The number of esters is 1. The fourth-order valence-corrected chi connectivity index (χ4v) is 3.79. The largest absolute Gasteiger partial charge is 0.466 e. The van der Waals surface area contributed by atoms with Crippen molar-refractivity contribution < 1.29 is 14.6 Å². The third-order valence-corrected chi connectivity index (χ3v) is 4.98.